The number of rotatable bonds is 8. The van der Waals surface area contributed by atoms with Gasteiger partial charge in [0.1, 0.15) is 12.4 Å². The van der Waals surface area contributed by atoms with Gasteiger partial charge in [-0.1, -0.05) is 24.3 Å². The summed E-state index contributed by atoms with van der Waals surface area (Å²) in [5.41, 5.74) is 8.43. The van der Waals surface area contributed by atoms with Gasteiger partial charge in [0.15, 0.2) is 5.13 Å². The molecular formula is C32H39N3O5S. The van der Waals surface area contributed by atoms with Crippen LogP contribution >= 0.6 is 11.3 Å². The van der Waals surface area contributed by atoms with E-state index in [4.69, 9.17) is 19.2 Å². The lowest BCUT2D eigenvalue weighted by atomic mass is 9.94. The van der Waals surface area contributed by atoms with Gasteiger partial charge in [0.05, 0.1) is 37.0 Å². The second kappa shape index (κ2) is 12.1. The Labute approximate surface area is 245 Å². The summed E-state index contributed by atoms with van der Waals surface area (Å²) in [7, 11) is 1.58. The molecule has 3 aromatic rings. The third-order valence-corrected chi connectivity index (χ3v) is 9.96. The lowest BCUT2D eigenvalue weighted by molar-refractivity contribution is -0.147. The van der Waals surface area contributed by atoms with Crippen molar-refractivity contribution in [1.29, 1.82) is 0 Å². The molecular weight excluding hydrogens is 538 g/mol. The van der Waals surface area contributed by atoms with Gasteiger partial charge in [-0.3, -0.25) is 9.69 Å². The predicted octanol–water partition coefficient (Wildman–Crippen LogP) is 4.73. The number of thiazole rings is 1. The van der Waals surface area contributed by atoms with E-state index in [1.807, 2.05) is 6.07 Å². The molecule has 0 aliphatic carbocycles. The first-order valence-corrected chi connectivity index (χ1v) is 15.4. The highest BCUT2D eigenvalue weighted by Crippen LogP contribution is 2.37. The number of carboxylic acids is 1. The average Bonchev–Trinajstić information content (AvgIpc) is 3.34. The van der Waals surface area contributed by atoms with Crippen LogP contribution in [-0.4, -0.2) is 79.6 Å². The molecule has 2 saturated heterocycles. The first-order chi connectivity index (χ1) is 19.9. The van der Waals surface area contributed by atoms with E-state index in [1.165, 1.54) is 22.3 Å². The van der Waals surface area contributed by atoms with Crippen LogP contribution in [0, 0.1) is 19.8 Å². The van der Waals surface area contributed by atoms with Crippen LogP contribution in [0.1, 0.15) is 34.2 Å². The second-order valence-corrected chi connectivity index (χ2v) is 12.3. The largest absolute Gasteiger partial charge is 0.488 e. The highest BCUT2D eigenvalue weighted by molar-refractivity contribution is 7.14. The summed E-state index contributed by atoms with van der Waals surface area (Å²) in [6.45, 7) is 9.90. The van der Waals surface area contributed by atoms with Gasteiger partial charge in [-0.05, 0) is 67.0 Å². The standard InChI is InChI=1S/C32H39N3O5S/c1-20-5-4-6-26(28-19-41-32(33-28)35-14-11-27(31(36)37)29(15-35)38-3)30(20)40-16-23-8-7-22-9-12-34(24-17-39-18-24)13-10-25(22)21(23)2/h4-8,19,24,27,29H,9-18H2,1-3H3,(H,36,37)/t27-,29+/m1/s1. The van der Waals surface area contributed by atoms with Crippen molar-refractivity contribution in [3.8, 4) is 17.0 Å². The number of ether oxygens (including phenoxy) is 3. The minimum Gasteiger partial charge on any atom is -0.488 e. The molecule has 2 fully saturated rings. The number of aromatic nitrogens is 1. The van der Waals surface area contributed by atoms with Crippen LogP contribution in [0.4, 0.5) is 5.13 Å². The van der Waals surface area contributed by atoms with Gasteiger partial charge in [0.2, 0.25) is 0 Å². The Morgan fingerprint density at radius 3 is 2.73 bits per heavy atom. The Bertz CT molecular complexity index is 1400. The molecule has 0 saturated carbocycles. The van der Waals surface area contributed by atoms with Crippen molar-refractivity contribution < 1.29 is 24.1 Å². The Morgan fingerprint density at radius 2 is 1.98 bits per heavy atom. The molecule has 2 aromatic carbocycles. The zero-order chi connectivity index (χ0) is 28.5. The zero-order valence-electron chi connectivity index (χ0n) is 24.1. The molecule has 0 radical (unpaired) electrons. The molecule has 1 N–H and O–H groups in total. The molecule has 0 spiro atoms. The van der Waals surface area contributed by atoms with Crippen molar-refractivity contribution in [2.45, 2.75) is 51.9 Å². The van der Waals surface area contributed by atoms with E-state index in [1.54, 1.807) is 18.4 Å². The fraction of sp³-hybridized carbons (Fsp3) is 0.500. The monoisotopic (exact) mass is 577 g/mol. The molecule has 1 aromatic heterocycles. The van der Waals surface area contributed by atoms with Crippen LogP contribution in [0.3, 0.4) is 0 Å². The van der Waals surface area contributed by atoms with E-state index >= 15 is 0 Å². The van der Waals surface area contributed by atoms with Crippen LogP contribution in [0.5, 0.6) is 5.75 Å². The molecule has 9 heteroatoms. The smallest absolute Gasteiger partial charge is 0.309 e. The van der Waals surface area contributed by atoms with E-state index < -0.39 is 11.9 Å². The van der Waals surface area contributed by atoms with Crippen molar-refractivity contribution in [1.82, 2.24) is 9.88 Å². The molecule has 0 unspecified atom stereocenters. The number of aliphatic carboxylic acids is 1. The Morgan fingerprint density at radius 1 is 1.15 bits per heavy atom. The van der Waals surface area contributed by atoms with E-state index in [0.29, 0.717) is 32.2 Å². The van der Waals surface area contributed by atoms with Crippen molar-refractivity contribution in [3.05, 3.63) is 63.5 Å². The van der Waals surface area contributed by atoms with Crippen LogP contribution in [0.25, 0.3) is 11.3 Å². The summed E-state index contributed by atoms with van der Waals surface area (Å²) in [6, 6.07) is 11.3. The highest BCUT2D eigenvalue weighted by atomic mass is 32.1. The Hall–Kier alpha value is -2.98. The first kappa shape index (κ1) is 28.2. The van der Waals surface area contributed by atoms with Gasteiger partial charge in [-0.25, -0.2) is 4.98 Å². The predicted molar refractivity (Wildman–Crippen MR) is 160 cm³/mol. The maximum Gasteiger partial charge on any atom is 0.309 e. The summed E-state index contributed by atoms with van der Waals surface area (Å²) in [5, 5.41) is 12.5. The van der Waals surface area contributed by atoms with Crippen molar-refractivity contribution >= 4 is 22.4 Å². The summed E-state index contributed by atoms with van der Waals surface area (Å²) in [5.74, 6) is -0.428. The maximum atomic E-state index is 11.6. The summed E-state index contributed by atoms with van der Waals surface area (Å²) in [6.07, 6.45) is 2.33. The Kier molecular flexibility index (Phi) is 8.30. The lowest BCUT2D eigenvalue weighted by Gasteiger charge is -2.36. The molecule has 218 valence electrons. The minimum atomic E-state index is -0.798. The van der Waals surface area contributed by atoms with Crippen LogP contribution in [-0.2, 0) is 33.7 Å². The third kappa shape index (κ3) is 5.73. The summed E-state index contributed by atoms with van der Waals surface area (Å²) >= 11 is 1.57. The first-order valence-electron chi connectivity index (χ1n) is 14.5. The van der Waals surface area contributed by atoms with Gasteiger partial charge in [0, 0.05) is 44.2 Å². The number of nitrogens with zero attached hydrogens (tertiary/aromatic N) is 3. The fourth-order valence-electron chi connectivity index (χ4n) is 6.37. The maximum absolute atomic E-state index is 11.6. The molecule has 0 amide bonds. The van der Waals surface area contributed by atoms with Gasteiger partial charge in [0.25, 0.3) is 0 Å². The number of hydrogen-bond donors (Lipinski definition) is 1. The van der Waals surface area contributed by atoms with Crippen LogP contribution < -0.4 is 9.64 Å². The molecule has 6 rings (SSSR count). The summed E-state index contributed by atoms with van der Waals surface area (Å²) < 4.78 is 17.5. The number of piperidine rings is 1. The Balaban J connectivity index is 1.18. The summed E-state index contributed by atoms with van der Waals surface area (Å²) in [4.78, 5) is 21.3. The van der Waals surface area contributed by atoms with E-state index in [0.717, 1.165) is 66.8 Å². The number of aryl methyl sites for hydroxylation is 1. The second-order valence-electron chi connectivity index (χ2n) is 11.4. The molecule has 3 aliphatic rings. The number of fused-ring (bicyclic) bond motifs is 1. The normalized spacial score (nSPS) is 21.7. The quantitative estimate of drug-likeness (QED) is 0.412. The fourth-order valence-corrected chi connectivity index (χ4v) is 7.23. The zero-order valence-corrected chi connectivity index (χ0v) is 24.9. The average molecular weight is 578 g/mol. The van der Waals surface area contributed by atoms with Gasteiger partial charge in [-0.2, -0.15) is 0 Å². The van der Waals surface area contributed by atoms with Crippen LogP contribution in [0.15, 0.2) is 35.7 Å². The lowest BCUT2D eigenvalue weighted by Crippen LogP contribution is -2.49. The van der Waals surface area contributed by atoms with Crippen LogP contribution in [0.2, 0.25) is 0 Å². The third-order valence-electron chi connectivity index (χ3n) is 9.06. The van der Waals surface area contributed by atoms with Gasteiger partial charge >= 0.3 is 5.97 Å². The van der Waals surface area contributed by atoms with Crippen molar-refractivity contribution in [2.75, 3.05) is 51.4 Å². The number of carbonyl (C=O) groups is 1. The number of para-hydroxylation sites is 1. The number of anilines is 1. The van der Waals surface area contributed by atoms with Crippen molar-refractivity contribution in [3.63, 3.8) is 0 Å². The highest BCUT2D eigenvalue weighted by Gasteiger charge is 2.35. The number of carboxylic acid groups (broad SMARTS) is 1. The van der Waals surface area contributed by atoms with Gasteiger partial charge in [-0.15, -0.1) is 11.3 Å². The SMILES string of the molecule is CO[C@H]1CN(c2nc(-c3cccc(C)c3OCc3ccc4c(c3C)CCN(C3COC3)CC4)cs2)CC[C@H]1C(=O)O. The number of methoxy groups -OCH3 is 1. The molecule has 41 heavy (non-hydrogen) atoms. The number of benzene rings is 2. The van der Waals surface area contributed by atoms with E-state index in [2.05, 4.69) is 53.3 Å². The number of hydrogen-bond acceptors (Lipinski definition) is 8. The molecule has 4 heterocycles. The van der Waals surface area contributed by atoms with E-state index in [-0.39, 0.29) is 6.10 Å². The molecule has 8 nitrogen and oxygen atoms in total. The molecule has 3 aliphatic heterocycles. The van der Waals surface area contributed by atoms with E-state index in [9.17, 15) is 9.90 Å². The van der Waals surface area contributed by atoms with Crippen molar-refractivity contribution in [2.24, 2.45) is 5.92 Å². The molecule has 2 atom stereocenters. The molecule has 0 bridgehead atoms. The topological polar surface area (TPSA) is 84.4 Å². The van der Waals surface area contributed by atoms with Gasteiger partial charge < -0.3 is 24.2 Å². The minimum absolute atomic E-state index is 0.356.